The van der Waals surface area contributed by atoms with E-state index in [-0.39, 0.29) is 23.6 Å². The summed E-state index contributed by atoms with van der Waals surface area (Å²) in [5.74, 6) is 0.211. The molecule has 0 aliphatic carbocycles. The minimum Gasteiger partial charge on any atom is -0.463 e. The van der Waals surface area contributed by atoms with Crippen LogP contribution in [0.5, 0.6) is 6.01 Å². The topological polar surface area (TPSA) is 103 Å². The fraction of sp³-hybridized carbons (Fsp3) is 0.556. The van der Waals surface area contributed by atoms with E-state index >= 15 is 0 Å². The quantitative estimate of drug-likeness (QED) is 0.695. The van der Waals surface area contributed by atoms with Crippen molar-refractivity contribution < 1.29 is 9.53 Å². The van der Waals surface area contributed by atoms with Crippen molar-refractivity contribution in [3.05, 3.63) is 0 Å². The molecule has 7 nitrogen and oxygen atoms in total. The molecule has 0 unspecified atom stereocenters. The standard InChI is InChI=1S/C9H15N5O2S/c1-3-4-16-8-12-7(10)13-9(14-8)17-5-6(15)11-2/h3-5H2,1-2H3,(H,11,15)(H2,10,12,13,14). The summed E-state index contributed by atoms with van der Waals surface area (Å²) in [4.78, 5) is 22.8. The Balaban J connectivity index is 2.65. The van der Waals surface area contributed by atoms with Crippen LogP contribution in [0.4, 0.5) is 5.95 Å². The maximum Gasteiger partial charge on any atom is 0.322 e. The van der Waals surface area contributed by atoms with E-state index in [0.29, 0.717) is 11.8 Å². The Bertz CT molecular complexity index is 388. The second kappa shape index (κ2) is 6.89. The van der Waals surface area contributed by atoms with E-state index in [1.165, 1.54) is 11.8 Å². The van der Waals surface area contributed by atoms with Crippen LogP contribution in [-0.2, 0) is 4.79 Å². The second-order valence-electron chi connectivity index (χ2n) is 3.07. The molecule has 1 amide bonds. The molecular weight excluding hydrogens is 242 g/mol. The first-order valence-corrected chi connectivity index (χ1v) is 6.12. The van der Waals surface area contributed by atoms with E-state index < -0.39 is 0 Å². The molecule has 94 valence electrons. The molecule has 17 heavy (non-hydrogen) atoms. The van der Waals surface area contributed by atoms with E-state index in [0.717, 1.165) is 6.42 Å². The number of hydrogen-bond acceptors (Lipinski definition) is 7. The highest BCUT2D eigenvalue weighted by atomic mass is 32.2. The zero-order chi connectivity index (χ0) is 12.7. The van der Waals surface area contributed by atoms with Crippen LogP contribution < -0.4 is 15.8 Å². The van der Waals surface area contributed by atoms with Gasteiger partial charge in [-0.05, 0) is 6.42 Å². The Morgan fingerprint density at radius 2 is 2.24 bits per heavy atom. The van der Waals surface area contributed by atoms with Gasteiger partial charge >= 0.3 is 6.01 Å². The predicted molar refractivity (Wildman–Crippen MR) is 64.8 cm³/mol. The van der Waals surface area contributed by atoms with Gasteiger partial charge < -0.3 is 15.8 Å². The Morgan fingerprint density at radius 1 is 1.47 bits per heavy atom. The smallest absolute Gasteiger partial charge is 0.322 e. The van der Waals surface area contributed by atoms with Crippen LogP contribution in [0.1, 0.15) is 13.3 Å². The molecule has 1 rings (SSSR count). The van der Waals surface area contributed by atoms with Crippen LogP contribution in [0.2, 0.25) is 0 Å². The number of rotatable bonds is 6. The molecule has 0 saturated heterocycles. The number of hydrogen-bond donors (Lipinski definition) is 2. The van der Waals surface area contributed by atoms with Gasteiger partial charge in [0.2, 0.25) is 11.9 Å². The van der Waals surface area contributed by atoms with Crippen LogP contribution in [0.3, 0.4) is 0 Å². The number of nitrogens with one attached hydrogen (secondary N) is 1. The third-order valence-corrected chi connectivity index (χ3v) is 2.51. The molecule has 0 aliphatic heterocycles. The third kappa shape index (κ3) is 4.85. The number of aromatic nitrogens is 3. The van der Waals surface area contributed by atoms with Crippen molar-refractivity contribution in [3.8, 4) is 6.01 Å². The Labute approximate surface area is 104 Å². The predicted octanol–water partition coefficient (Wildman–Crippen LogP) is 0.0807. The van der Waals surface area contributed by atoms with E-state index in [1.807, 2.05) is 6.92 Å². The van der Waals surface area contributed by atoms with E-state index in [9.17, 15) is 4.79 Å². The molecule has 3 N–H and O–H groups in total. The maximum absolute atomic E-state index is 11.1. The number of nitrogen functional groups attached to an aromatic ring is 1. The van der Waals surface area contributed by atoms with Crippen LogP contribution in [0.15, 0.2) is 5.16 Å². The normalized spacial score (nSPS) is 10.0. The lowest BCUT2D eigenvalue weighted by atomic mass is 10.5. The van der Waals surface area contributed by atoms with Gasteiger partial charge in [-0.2, -0.15) is 15.0 Å². The van der Waals surface area contributed by atoms with Gasteiger partial charge in [-0.3, -0.25) is 4.79 Å². The first kappa shape index (κ1) is 13.5. The van der Waals surface area contributed by atoms with E-state index in [4.69, 9.17) is 10.5 Å². The first-order chi connectivity index (χ1) is 8.15. The Morgan fingerprint density at radius 3 is 2.88 bits per heavy atom. The zero-order valence-corrected chi connectivity index (χ0v) is 10.6. The molecule has 0 aromatic carbocycles. The van der Waals surface area contributed by atoms with Crippen LogP contribution in [-0.4, -0.2) is 40.3 Å². The molecule has 0 atom stereocenters. The number of carbonyl (C=O) groups excluding carboxylic acids is 1. The summed E-state index contributed by atoms with van der Waals surface area (Å²) in [5, 5.41) is 2.89. The summed E-state index contributed by atoms with van der Waals surface area (Å²) < 4.78 is 5.25. The number of nitrogens with zero attached hydrogens (tertiary/aromatic N) is 3. The van der Waals surface area contributed by atoms with Crippen molar-refractivity contribution in [2.24, 2.45) is 0 Å². The van der Waals surface area contributed by atoms with Gasteiger partial charge in [0.25, 0.3) is 0 Å². The molecule has 1 aromatic rings. The summed E-state index contributed by atoms with van der Waals surface area (Å²) >= 11 is 1.18. The SMILES string of the molecule is CCCOc1nc(N)nc(SCC(=O)NC)n1. The summed E-state index contributed by atoms with van der Waals surface area (Å²) in [6.07, 6.45) is 0.853. The van der Waals surface area contributed by atoms with Gasteiger partial charge in [-0.15, -0.1) is 0 Å². The molecule has 0 aliphatic rings. The lowest BCUT2D eigenvalue weighted by Crippen LogP contribution is -2.20. The summed E-state index contributed by atoms with van der Waals surface area (Å²) in [6, 6.07) is 0.193. The fourth-order valence-electron chi connectivity index (χ4n) is 0.878. The monoisotopic (exact) mass is 257 g/mol. The molecule has 0 bridgehead atoms. The van der Waals surface area contributed by atoms with E-state index in [2.05, 4.69) is 20.3 Å². The van der Waals surface area contributed by atoms with Gasteiger partial charge in [0.05, 0.1) is 12.4 Å². The second-order valence-corrected chi connectivity index (χ2v) is 4.01. The van der Waals surface area contributed by atoms with Gasteiger partial charge in [-0.1, -0.05) is 18.7 Å². The highest BCUT2D eigenvalue weighted by Gasteiger charge is 2.07. The minimum absolute atomic E-state index is 0.0884. The zero-order valence-electron chi connectivity index (χ0n) is 9.77. The molecule has 0 radical (unpaired) electrons. The molecule has 0 spiro atoms. The molecule has 1 aromatic heterocycles. The number of carbonyl (C=O) groups is 1. The third-order valence-electron chi connectivity index (χ3n) is 1.66. The van der Waals surface area contributed by atoms with Crippen molar-refractivity contribution in [2.45, 2.75) is 18.5 Å². The molecule has 0 fully saturated rings. The lowest BCUT2D eigenvalue weighted by Gasteiger charge is -2.05. The van der Waals surface area contributed by atoms with Crippen molar-refractivity contribution in [1.29, 1.82) is 0 Å². The van der Waals surface area contributed by atoms with Crippen LogP contribution in [0, 0.1) is 0 Å². The number of nitrogens with two attached hydrogens (primary N) is 1. The fourth-order valence-corrected chi connectivity index (χ4v) is 1.58. The highest BCUT2D eigenvalue weighted by Crippen LogP contribution is 2.16. The van der Waals surface area contributed by atoms with Crippen molar-refractivity contribution in [1.82, 2.24) is 20.3 Å². The average Bonchev–Trinajstić information content (AvgIpc) is 2.32. The summed E-state index contributed by atoms with van der Waals surface area (Å²) in [7, 11) is 1.57. The van der Waals surface area contributed by atoms with Crippen molar-refractivity contribution >= 4 is 23.6 Å². The first-order valence-electron chi connectivity index (χ1n) is 5.13. The van der Waals surface area contributed by atoms with Gasteiger partial charge in [-0.25, -0.2) is 0 Å². The number of ether oxygens (including phenoxy) is 1. The maximum atomic E-state index is 11.1. The average molecular weight is 257 g/mol. The molecule has 1 heterocycles. The Hall–Kier alpha value is -1.57. The number of amides is 1. The van der Waals surface area contributed by atoms with Crippen LogP contribution >= 0.6 is 11.8 Å². The number of anilines is 1. The van der Waals surface area contributed by atoms with Gasteiger partial charge in [0.1, 0.15) is 0 Å². The summed E-state index contributed by atoms with van der Waals surface area (Å²) in [5.41, 5.74) is 5.51. The van der Waals surface area contributed by atoms with Crippen molar-refractivity contribution in [3.63, 3.8) is 0 Å². The minimum atomic E-state index is -0.106. The Kier molecular flexibility index (Phi) is 5.47. The number of thioether (sulfide) groups is 1. The molecule has 0 saturated carbocycles. The van der Waals surface area contributed by atoms with Crippen LogP contribution in [0.25, 0.3) is 0 Å². The molecular formula is C9H15N5O2S. The highest BCUT2D eigenvalue weighted by molar-refractivity contribution is 7.99. The van der Waals surface area contributed by atoms with Gasteiger partial charge in [0.15, 0.2) is 5.16 Å². The lowest BCUT2D eigenvalue weighted by molar-refractivity contribution is -0.118. The largest absolute Gasteiger partial charge is 0.463 e. The summed E-state index contributed by atoms with van der Waals surface area (Å²) in [6.45, 7) is 2.49. The van der Waals surface area contributed by atoms with Crippen molar-refractivity contribution in [2.75, 3.05) is 25.1 Å². The van der Waals surface area contributed by atoms with Gasteiger partial charge in [0, 0.05) is 7.05 Å². The molecule has 8 heteroatoms. The van der Waals surface area contributed by atoms with E-state index in [1.54, 1.807) is 7.05 Å².